The van der Waals surface area contributed by atoms with E-state index < -0.39 is 0 Å². The maximum absolute atomic E-state index is 13.1. The molecule has 0 unspecified atom stereocenters. The molecule has 0 aliphatic carbocycles. The minimum absolute atomic E-state index is 0.0573. The third-order valence-electron chi connectivity index (χ3n) is 5.04. The quantitative estimate of drug-likeness (QED) is 0.429. The molecule has 1 amide bonds. The van der Waals surface area contributed by atoms with E-state index in [9.17, 15) is 14.9 Å². The number of aryl methyl sites for hydroxylation is 1. The van der Waals surface area contributed by atoms with Gasteiger partial charge in [-0.2, -0.15) is 5.26 Å². The molecule has 0 atom stereocenters. The van der Waals surface area contributed by atoms with Crippen molar-refractivity contribution in [2.75, 3.05) is 11.9 Å². The first-order valence-electron chi connectivity index (χ1n) is 9.68. The third kappa shape index (κ3) is 3.76. The monoisotopic (exact) mass is 412 g/mol. The van der Waals surface area contributed by atoms with Crippen molar-refractivity contribution in [2.45, 2.75) is 13.8 Å². The Balaban J connectivity index is 1.59. The maximum Gasteiger partial charge on any atom is 0.265 e. The standard InChI is InChI=1S/C23H20N6O2/c1-14-7-9-16(10-8-14)25-13-21(30)28-26-12-18-15(2)17(11-24)22-27-19-5-3-4-6-20(19)29(22)23(18)31/h3-10,12,25-26H,13H2,1-2H3,(H,28,30). The number of benzene rings is 2. The second-order valence-electron chi connectivity index (χ2n) is 7.15. The number of rotatable bonds is 5. The van der Waals surface area contributed by atoms with Gasteiger partial charge in [0, 0.05) is 11.9 Å². The number of nitrogens with zero attached hydrogens (tertiary/aromatic N) is 3. The number of hydrazine groups is 1. The molecule has 0 spiro atoms. The topological polar surface area (TPSA) is 111 Å². The minimum Gasteiger partial charge on any atom is -0.376 e. The number of aromatic nitrogens is 2. The predicted octanol–water partition coefficient (Wildman–Crippen LogP) is 1.53. The van der Waals surface area contributed by atoms with Gasteiger partial charge in [-0.1, -0.05) is 29.8 Å². The summed E-state index contributed by atoms with van der Waals surface area (Å²) >= 11 is 0. The molecule has 2 heterocycles. The van der Waals surface area contributed by atoms with Gasteiger partial charge in [-0.15, -0.1) is 0 Å². The number of nitrogens with one attached hydrogen (secondary N) is 3. The van der Waals surface area contributed by atoms with Gasteiger partial charge in [0.2, 0.25) is 0 Å². The van der Waals surface area contributed by atoms with Crippen molar-refractivity contribution in [1.29, 1.82) is 5.26 Å². The fourth-order valence-electron chi connectivity index (χ4n) is 3.37. The van der Waals surface area contributed by atoms with Gasteiger partial charge in [-0.3, -0.25) is 19.4 Å². The summed E-state index contributed by atoms with van der Waals surface area (Å²) in [5.74, 6) is -0.309. The molecule has 0 saturated heterocycles. The molecule has 2 aromatic carbocycles. The maximum atomic E-state index is 13.1. The van der Waals surface area contributed by atoms with E-state index in [0.29, 0.717) is 27.8 Å². The van der Waals surface area contributed by atoms with Gasteiger partial charge in [0.25, 0.3) is 11.5 Å². The van der Waals surface area contributed by atoms with Crippen LogP contribution in [0.4, 0.5) is 5.69 Å². The van der Waals surface area contributed by atoms with Crippen molar-refractivity contribution in [3.8, 4) is 6.07 Å². The summed E-state index contributed by atoms with van der Waals surface area (Å²) in [5.41, 5.74) is 9.25. The molecule has 4 aromatic rings. The summed E-state index contributed by atoms with van der Waals surface area (Å²) in [4.78, 5) is 29.7. The molecule has 0 aliphatic rings. The van der Waals surface area contributed by atoms with E-state index in [1.807, 2.05) is 43.3 Å². The number of carbonyl (C=O) groups is 1. The summed E-state index contributed by atoms with van der Waals surface area (Å²) in [6, 6.07) is 17.0. The summed E-state index contributed by atoms with van der Waals surface area (Å²) in [6.07, 6.45) is 1.40. The fourth-order valence-corrected chi connectivity index (χ4v) is 3.37. The molecule has 4 rings (SSSR count). The first kappa shape index (κ1) is 19.9. The molecule has 0 aliphatic heterocycles. The molecular formula is C23H20N6O2. The molecule has 31 heavy (non-hydrogen) atoms. The number of hydrogen-bond acceptors (Lipinski definition) is 6. The van der Waals surface area contributed by atoms with E-state index in [1.54, 1.807) is 19.1 Å². The first-order chi connectivity index (χ1) is 15.0. The average molecular weight is 412 g/mol. The Morgan fingerprint density at radius 3 is 2.65 bits per heavy atom. The number of pyridine rings is 1. The molecule has 8 nitrogen and oxygen atoms in total. The molecule has 0 saturated carbocycles. The van der Waals surface area contributed by atoms with E-state index in [1.165, 1.54) is 10.6 Å². The second kappa shape index (κ2) is 8.16. The molecule has 0 radical (unpaired) electrons. The molecule has 154 valence electrons. The second-order valence-corrected chi connectivity index (χ2v) is 7.15. The van der Waals surface area contributed by atoms with Gasteiger partial charge in [0.15, 0.2) is 5.65 Å². The van der Waals surface area contributed by atoms with Gasteiger partial charge < -0.3 is 10.7 Å². The lowest BCUT2D eigenvalue weighted by Crippen LogP contribution is -2.42. The van der Waals surface area contributed by atoms with Crippen molar-refractivity contribution in [3.05, 3.63) is 80.8 Å². The van der Waals surface area contributed by atoms with Crippen molar-refractivity contribution in [1.82, 2.24) is 20.2 Å². The number of hydrogen-bond donors (Lipinski definition) is 3. The van der Waals surface area contributed by atoms with Gasteiger partial charge in [-0.25, -0.2) is 4.98 Å². The van der Waals surface area contributed by atoms with Crippen molar-refractivity contribution < 1.29 is 4.79 Å². The number of para-hydroxylation sites is 2. The lowest BCUT2D eigenvalue weighted by molar-refractivity contribution is -0.119. The Morgan fingerprint density at radius 2 is 1.90 bits per heavy atom. The highest BCUT2D eigenvalue weighted by atomic mass is 16.2. The zero-order chi connectivity index (χ0) is 22.0. The Labute approximate surface area is 177 Å². The van der Waals surface area contributed by atoms with Crippen LogP contribution in [0.5, 0.6) is 0 Å². The lowest BCUT2D eigenvalue weighted by Gasteiger charge is -2.08. The van der Waals surface area contributed by atoms with Gasteiger partial charge >= 0.3 is 0 Å². The zero-order valence-corrected chi connectivity index (χ0v) is 17.1. The Morgan fingerprint density at radius 1 is 1.16 bits per heavy atom. The van der Waals surface area contributed by atoms with E-state index >= 15 is 0 Å². The van der Waals surface area contributed by atoms with E-state index in [2.05, 4.69) is 27.2 Å². The highest BCUT2D eigenvalue weighted by Gasteiger charge is 2.15. The van der Waals surface area contributed by atoms with Crippen LogP contribution in [0.3, 0.4) is 0 Å². The Bertz CT molecular complexity index is 1450. The number of carbonyl (C=O) groups excluding carboxylic acids is 1. The average Bonchev–Trinajstić information content (AvgIpc) is 3.15. The number of fused-ring (bicyclic) bond motifs is 3. The van der Waals surface area contributed by atoms with Crippen molar-refractivity contribution >= 4 is 34.5 Å². The smallest absolute Gasteiger partial charge is 0.265 e. The van der Waals surface area contributed by atoms with Crippen LogP contribution in [-0.2, 0) is 4.79 Å². The predicted molar refractivity (Wildman–Crippen MR) is 119 cm³/mol. The van der Waals surface area contributed by atoms with Crippen LogP contribution < -0.4 is 26.9 Å². The van der Waals surface area contributed by atoms with Crippen molar-refractivity contribution in [2.24, 2.45) is 0 Å². The number of anilines is 1. The number of amides is 1. The van der Waals surface area contributed by atoms with Crippen LogP contribution in [0.25, 0.3) is 22.9 Å². The number of nitriles is 1. The van der Waals surface area contributed by atoms with E-state index in [-0.39, 0.29) is 23.2 Å². The van der Waals surface area contributed by atoms with Gasteiger partial charge in [0.1, 0.15) is 6.07 Å². The van der Waals surface area contributed by atoms with Gasteiger partial charge in [-0.05, 0) is 43.7 Å². The van der Waals surface area contributed by atoms with Crippen LogP contribution in [-0.4, -0.2) is 21.8 Å². The highest BCUT2D eigenvalue weighted by Crippen LogP contribution is 2.17. The first-order valence-corrected chi connectivity index (χ1v) is 9.68. The van der Waals surface area contributed by atoms with Crippen LogP contribution in [0.1, 0.15) is 16.7 Å². The summed E-state index contributed by atoms with van der Waals surface area (Å²) in [5, 5.41) is 12.9. The van der Waals surface area contributed by atoms with Crippen LogP contribution in [0, 0.1) is 25.2 Å². The fraction of sp³-hybridized carbons (Fsp3) is 0.130. The summed E-state index contributed by atoms with van der Waals surface area (Å²) in [7, 11) is 0. The SMILES string of the molecule is Cc1ccc(NCC(=O)NNC=c2c(C)c(C#N)c3nc4ccccc4n3c2=O)cc1. The largest absolute Gasteiger partial charge is 0.376 e. The third-order valence-corrected chi connectivity index (χ3v) is 5.04. The summed E-state index contributed by atoms with van der Waals surface area (Å²) in [6.45, 7) is 3.74. The minimum atomic E-state index is -0.320. The molecule has 2 aromatic heterocycles. The van der Waals surface area contributed by atoms with Crippen molar-refractivity contribution in [3.63, 3.8) is 0 Å². The molecular weight excluding hydrogens is 392 g/mol. The number of imidazole rings is 1. The summed E-state index contributed by atoms with van der Waals surface area (Å²) < 4.78 is 1.43. The lowest BCUT2D eigenvalue weighted by atomic mass is 10.1. The van der Waals surface area contributed by atoms with E-state index in [4.69, 9.17) is 0 Å². The molecule has 8 heteroatoms. The van der Waals surface area contributed by atoms with Crippen LogP contribution in [0.2, 0.25) is 0 Å². The highest BCUT2D eigenvalue weighted by molar-refractivity contribution is 5.83. The molecule has 3 N–H and O–H groups in total. The molecule has 0 bridgehead atoms. The normalized spacial score (nSPS) is 11.5. The Kier molecular flexibility index (Phi) is 5.24. The van der Waals surface area contributed by atoms with Gasteiger partial charge in [0.05, 0.1) is 28.4 Å². The molecule has 0 fully saturated rings. The zero-order valence-electron chi connectivity index (χ0n) is 17.1. The van der Waals surface area contributed by atoms with E-state index in [0.717, 1.165) is 11.3 Å². The Hall–Kier alpha value is -4.38. The van der Waals surface area contributed by atoms with Crippen LogP contribution in [0.15, 0.2) is 53.3 Å². The van der Waals surface area contributed by atoms with Crippen LogP contribution >= 0.6 is 0 Å².